The number of nitrogens with two attached hydrogens (primary N) is 1. The molecule has 0 aliphatic carbocycles. The molecule has 0 saturated heterocycles. The molecule has 4 nitrogen and oxygen atoms in total. The van der Waals surface area contributed by atoms with Crippen LogP contribution < -0.4 is 5.73 Å². The molecule has 0 aromatic heterocycles. The summed E-state index contributed by atoms with van der Waals surface area (Å²) in [5, 5.41) is 9.52. The Bertz CT molecular complexity index is 721. The number of amides is 2. The van der Waals surface area contributed by atoms with Crippen LogP contribution in [-0.2, 0) is 0 Å². The van der Waals surface area contributed by atoms with Gasteiger partial charge in [-0.25, -0.2) is 18.6 Å². The first-order valence-corrected chi connectivity index (χ1v) is 7.43. The van der Waals surface area contributed by atoms with Crippen LogP contribution in [0.15, 0.2) is 58.3 Å². The third-order valence-corrected chi connectivity index (χ3v) is 3.94. The van der Waals surface area contributed by atoms with Crippen LogP contribution in [0.3, 0.4) is 0 Å². The van der Waals surface area contributed by atoms with Gasteiger partial charge in [-0.05, 0) is 48.0 Å². The summed E-state index contributed by atoms with van der Waals surface area (Å²) in [5.41, 5.74) is 5.46. The highest BCUT2D eigenvalue weighted by molar-refractivity contribution is 7.99. The number of urea groups is 1. The Balaban J connectivity index is 2.18. The second kappa shape index (κ2) is 7.75. The van der Waals surface area contributed by atoms with E-state index in [1.54, 1.807) is 24.3 Å². The topological polar surface area (TPSA) is 66.6 Å². The Morgan fingerprint density at radius 1 is 1.17 bits per heavy atom. The standard InChI is InChI=1S/C16H14F2N2O2S/c17-12-3-6-14(7-4-12)23-15-8-5-13(18)10-11(15)2-1-9-20(22)16(19)21/h1-8,10,22H,9H2,(H2,19,21)/b2-1+. The van der Waals surface area contributed by atoms with Gasteiger partial charge in [-0.3, -0.25) is 5.21 Å². The molecule has 0 unspecified atom stereocenters. The van der Waals surface area contributed by atoms with Crippen molar-refractivity contribution in [1.82, 2.24) is 5.06 Å². The zero-order valence-electron chi connectivity index (χ0n) is 11.9. The van der Waals surface area contributed by atoms with E-state index in [0.717, 1.165) is 9.79 Å². The minimum atomic E-state index is -0.977. The van der Waals surface area contributed by atoms with Crippen LogP contribution in [0.4, 0.5) is 13.6 Å². The van der Waals surface area contributed by atoms with Gasteiger partial charge in [0.05, 0.1) is 6.54 Å². The first-order chi connectivity index (χ1) is 11.0. The van der Waals surface area contributed by atoms with Gasteiger partial charge in [0.1, 0.15) is 11.6 Å². The minimum absolute atomic E-state index is 0.119. The normalized spacial score (nSPS) is 10.9. The van der Waals surface area contributed by atoms with Crippen LogP contribution in [0.1, 0.15) is 5.56 Å². The molecule has 0 bridgehead atoms. The van der Waals surface area contributed by atoms with Crippen LogP contribution in [0.25, 0.3) is 6.08 Å². The Hall–Kier alpha value is -2.38. The van der Waals surface area contributed by atoms with Crippen LogP contribution in [0.2, 0.25) is 0 Å². The lowest BCUT2D eigenvalue weighted by Gasteiger charge is -2.09. The average Bonchev–Trinajstić information content (AvgIpc) is 2.51. The molecule has 3 N–H and O–H groups in total. The van der Waals surface area contributed by atoms with Crippen molar-refractivity contribution in [2.24, 2.45) is 5.73 Å². The van der Waals surface area contributed by atoms with Crippen molar-refractivity contribution in [3.8, 4) is 0 Å². The van der Waals surface area contributed by atoms with E-state index < -0.39 is 11.8 Å². The monoisotopic (exact) mass is 336 g/mol. The number of carbonyl (C=O) groups excluding carboxylic acids is 1. The van der Waals surface area contributed by atoms with Crippen molar-refractivity contribution in [2.75, 3.05) is 6.54 Å². The number of halogens is 2. The SMILES string of the molecule is NC(=O)N(O)C/C=C/c1cc(F)ccc1Sc1ccc(F)cc1. The van der Waals surface area contributed by atoms with E-state index in [1.165, 1.54) is 42.1 Å². The number of hydroxylamine groups is 2. The molecule has 0 saturated carbocycles. The maximum Gasteiger partial charge on any atom is 0.338 e. The second-order valence-electron chi connectivity index (χ2n) is 4.56. The van der Waals surface area contributed by atoms with E-state index in [-0.39, 0.29) is 12.4 Å². The van der Waals surface area contributed by atoms with Gasteiger partial charge in [-0.1, -0.05) is 23.9 Å². The highest BCUT2D eigenvalue weighted by atomic mass is 32.2. The van der Waals surface area contributed by atoms with Crippen LogP contribution in [0.5, 0.6) is 0 Å². The molecular formula is C16H14F2N2O2S. The van der Waals surface area contributed by atoms with Gasteiger partial charge < -0.3 is 5.73 Å². The Morgan fingerprint density at radius 2 is 1.83 bits per heavy atom. The zero-order valence-corrected chi connectivity index (χ0v) is 12.8. The largest absolute Gasteiger partial charge is 0.350 e. The maximum atomic E-state index is 13.4. The third kappa shape index (κ3) is 5.08. The Morgan fingerprint density at radius 3 is 2.48 bits per heavy atom. The predicted molar refractivity (Wildman–Crippen MR) is 84.0 cm³/mol. The quantitative estimate of drug-likeness (QED) is 0.643. The van der Waals surface area contributed by atoms with Crippen molar-refractivity contribution in [1.29, 1.82) is 0 Å². The van der Waals surface area contributed by atoms with E-state index in [1.807, 2.05) is 0 Å². The van der Waals surface area contributed by atoms with Gasteiger partial charge >= 0.3 is 6.03 Å². The molecule has 0 spiro atoms. The molecule has 23 heavy (non-hydrogen) atoms. The number of rotatable bonds is 5. The van der Waals surface area contributed by atoms with Gasteiger partial charge in [0.15, 0.2) is 0 Å². The molecule has 120 valence electrons. The molecule has 7 heteroatoms. The lowest BCUT2D eigenvalue weighted by atomic mass is 10.2. The van der Waals surface area contributed by atoms with E-state index in [9.17, 15) is 18.8 Å². The summed E-state index contributed by atoms with van der Waals surface area (Å²) in [6.45, 7) is -0.119. The van der Waals surface area contributed by atoms with E-state index in [2.05, 4.69) is 0 Å². The highest BCUT2D eigenvalue weighted by Crippen LogP contribution is 2.31. The predicted octanol–water partition coefficient (Wildman–Crippen LogP) is 3.90. The minimum Gasteiger partial charge on any atom is -0.350 e. The lowest BCUT2D eigenvalue weighted by molar-refractivity contribution is -0.0286. The maximum absolute atomic E-state index is 13.4. The first-order valence-electron chi connectivity index (χ1n) is 6.61. The molecule has 0 fully saturated rings. The van der Waals surface area contributed by atoms with Crippen molar-refractivity contribution in [2.45, 2.75) is 9.79 Å². The zero-order chi connectivity index (χ0) is 16.8. The number of hydrogen-bond acceptors (Lipinski definition) is 3. The molecule has 2 aromatic rings. The second-order valence-corrected chi connectivity index (χ2v) is 5.68. The number of nitrogens with zero attached hydrogens (tertiary/aromatic N) is 1. The summed E-state index contributed by atoms with van der Waals surface area (Å²) in [5.74, 6) is -0.744. The average molecular weight is 336 g/mol. The molecule has 2 amide bonds. The lowest BCUT2D eigenvalue weighted by Crippen LogP contribution is -2.32. The van der Waals surface area contributed by atoms with Crippen molar-refractivity contribution in [3.05, 3.63) is 65.7 Å². The van der Waals surface area contributed by atoms with Gasteiger partial charge in [0, 0.05) is 9.79 Å². The smallest absolute Gasteiger partial charge is 0.338 e. The fraction of sp³-hybridized carbons (Fsp3) is 0.0625. The summed E-state index contributed by atoms with van der Waals surface area (Å²) in [6, 6.07) is 9.22. The highest BCUT2D eigenvalue weighted by Gasteiger charge is 2.06. The molecule has 2 rings (SSSR count). The third-order valence-electron chi connectivity index (χ3n) is 2.84. The van der Waals surface area contributed by atoms with Gasteiger partial charge in [0.25, 0.3) is 0 Å². The fourth-order valence-corrected chi connectivity index (χ4v) is 2.65. The summed E-state index contributed by atoms with van der Waals surface area (Å²) in [4.78, 5) is 12.2. The molecule has 0 atom stereocenters. The van der Waals surface area contributed by atoms with Crippen molar-refractivity contribution < 1.29 is 18.8 Å². The molecule has 0 radical (unpaired) electrons. The molecule has 0 heterocycles. The summed E-state index contributed by atoms with van der Waals surface area (Å²) >= 11 is 1.34. The molecular weight excluding hydrogens is 322 g/mol. The number of benzene rings is 2. The summed E-state index contributed by atoms with van der Waals surface area (Å²) in [6.07, 6.45) is 3.05. The molecule has 2 aromatic carbocycles. The number of primary amides is 1. The van der Waals surface area contributed by atoms with Crippen LogP contribution in [0, 0.1) is 11.6 Å². The number of hydrogen-bond donors (Lipinski definition) is 2. The van der Waals surface area contributed by atoms with E-state index in [4.69, 9.17) is 5.73 Å². The first kappa shape index (κ1) is 17.0. The summed E-state index contributed by atoms with van der Waals surface area (Å²) in [7, 11) is 0. The van der Waals surface area contributed by atoms with Crippen LogP contribution >= 0.6 is 11.8 Å². The number of carbonyl (C=O) groups is 1. The van der Waals surface area contributed by atoms with Gasteiger partial charge in [0.2, 0.25) is 0 Å². The Labute approximate surface area is 136 Å². The van der Waals surface area contributed by atoms with Gasteiger partial charge in [-0.15, -0.1) is 0 Å². The van der Waals surface area contributed by atoms with E-state index in [0.29, 0.717) is 10.6 Å². The van der Waals surface area contributed by atoms with Crippen molar-refractivity contribution >= 4 is 23.9 Å². The Kier molecular flexibility index (Phi) is 5.72. The fourth-order valence-electron chi connectivity index (χ4n) is 1.74. The van der Waals surface area contributed by atoms with E-state index >= 15 is 0 Å². The van der Waals surface area contributed by atoms with Crippen molar-refractivity contribution in [3.63, 3.8) is 0 Å². The summed E-state index contributed by atoms with van der Waals surface area (Å²) < 4.78 is 26.4. The van der Waals surface area contributed by atoms with Crippen LogP contribution in [-0.4, -0.2) is 22.8 Å². The molecule has 0 aliphatic heterocycles. The van der Waals surface area contributed by atoms with Gasteiger partial charge in [-0.2, -0.15) is 0 Å². The molecule has 0 aliphatic rings.